The van der Waals surface area contributed by atoms with Gasteiger partial charge in [-0.2, -0.15) is 0 Å². The van der Waals surface area contributed by atoms with Gasteiger partial charge in [-0.25, -0.2) is 9.59 Å². The third-order valence-electron chi connectivity index (χ3n) is 2.20. The number of rotatable bonds is 7. The fourth-order valence-electron chi connectivity index (χ4n) is 1.05. The van der Waals surface area contributed by atoms with E-state index in [0.717, 1.165) is 19.4 Å². The molecule has 1 aliphatic heterocycles. The Morgan fingerprint density at radius 3 is 2.18 bits per heavy atom. The number of nitrogens with two attached hydrogens (primary N) is 1. The molecule has 22 heavy (non-hydrogen) atoms. The van der Waals surface area contributed by atoms with Crippen molar-refractivity contribution in [2.75, 3.05) is 39.5 Å². The number of alkyl carbamates (subject to hydrolysis) is 1. The van der Waals surface area contributed by atoms with Gasteiger partial charge in [0, 0.05) is 6.54 Å². The van der Waals surface area contributed by atoms with Crippen molar-refractivity contribution in [3.05, 3.63) is 0 Å². The van der Waals surface area contributed by atoms with Gasteiger partial charge in [0.15, 0.2) is 0 Å². The van der Waals surface area contributed by atoms with Crippen molar-refractivity contribution in [3.63, 3.8) is 0 Å². The minimum absolute atomic E-state index is 0.0674. The minimum Gasteiger partial charge on any atom is -0.447 e. The van der Waals surface area contributed by atoms with Gasteiger partial charge in [0.05, 0.1) is 6.61 Å². The molecule has 4 N–H and O–H groups in total. The lowest BCUT2D eigenvalue weighted by molar-refractivity contribution is 0.119. The van der Waals surface area contributed by atoms with Crippen molar-refractivity contribution in [2.24, 2.45) is 5.73 Å². The van der Waals surface area contributed by atoms with Crippen molar-refractivity contribution in [1.82, 2.24) is 5.32 Å². The van der Waals surface area contributed by atoms with E-state index in [9.17, 15) is 9.59 Å². The third-order valence-corrected chi connectivity index (χ3v) is 2.20. The maximum atomic E-state index is 10.6. The minimum atomic E-state index is -0.546. The number of hydrogen-bond donors (Lipinski definition) is 3. The zero-order chi connectivity index (χ0) is 17.1. The molecule has 1 rings (SSSR count). The Balaban J connectivity index is 0. The molecule has 8 nitrogen and oxygen atoms in total. The van der Waals surface area contributed by atoms with Crippen LogP contribution in [0.15, 0.2) is 0 Å². The molecular formula is C14H30N2O6. The summed E-state index contributed by atoms with van der Waals surface area (Å²) in [4.78, 5) is 20.4. The average Bonchev–Trinajstić information content (AvgIpc) is 2.99. The Bertz CT molecular complexity index is 254. The molecule has 0 spiro atoms. The number of aliphatic hydroxyl groups excluding tert-OH is 1. The third kappa shape index (κ3) is 20.8. The number of nitrogens with one attached hydrogen (secondary N) is 1. The fraction of sp³-hybridized carbons (Fsp3) is 0.857. The van der Waals surface area contributed by atoms with Crippen LogP contribution in [0, 0.1) is 0 Å². The molecule has 1 aliphatic rings. The number of aliphatic hydroxyl groups is 1. The Labute approximate surface area is 132 Å². The lowest BCUT2D eigenvalue weighted by atomic mass is 10.3. The van der Waals surface area contributed by atoms with Crippen molar-refractivity contribution in [3.8, 4) is 0 Å². The maximum absolute atomic E-state index is 10.6. The molecule has 1 heterocycles. The second-order valence-electron chi connectivity index (χ2n) is 4.23. The molecule has 0 aromatic rings. The molecule has 0 radical (unpaired) electrons. The molecule has 0 unspecified atom stereocenters. The second-order valence-corrected chi connectivity index (χ2v) is 4.23. The van der Waals surface area contributed by atoms with E-state index in [-0.39, 0.29) is 13.2 Å². The van der Waals surface area contributed by atoms with Gasteiger partial charge >= 0.3 is 12.2 Å². The standard InChI is InChI=1S/C7H15NO3.C4H11N.C3H4O3/c1-2-3-4-8-7(10)11-6-5-9;1-2-3-4-5;4-3-5-1-2-6-3/h9H,2-6H2,1H3,(H,8,10);2-5H2,1H3;1-2H2. The van der Waals surface area contributed by atoms with E-state index in [2.05, 4.69) is 26.5 Å². The Morgan fingerprint density at radius 2 is 1.86 bits per heavy atom. The monoisotopic (exact) mass is 322 g/mol. The van der Waals surface area contributed by atoms with Crippen LogP contribution < -0.4 is 11.1 Å². The first-order valence-corrected chi connectivity index (χ1v) is 7.63. The summed E-state index contributed by atoms with van der Waals surface area (Å²) < 4.78 is 13.1. The predicted molar refractivity (Wildman–Crippen MR) is 82.6 cm³/mol. The lowest BCUT2D eigenvalue weighted by Gasteiger charge is -2.03. The summed E-state index contributed by atoms with van der Waals surface area (Å²) >= 11 is 0. The first-order valence-electron chi connectivity index (χ1n) is 7.63. The van der Waals surface area contributed by atoms with Crippen molar-refractivity contribution >= 4 is 12.2 Å². The van der Waals surface area contributed by atoms with Crippen LogP contribution in [0.3, 0.4) is 0 Å². The molecule has 0 bridgehead atoms. The van der Waals surface area contributed by atoms with E-state index in [1.807, 2.05) is 6.92 Å². The highest BCUT2D eigenvalue weighted by atomic mass is 16.8. The van der Waals surface area contributed by atoms with Crippen LogP contribution in [0.4, 0.5) is 9.59 Å². The first-order chi connectivity index (χ1) is 10.6. The van der Waals surface area contributed by atoms with Crippen molar-refractivity contribution < 1.29 is 28.9 Å². The van der Waals surface area contributed by atoms with Gasteiger partial charge in [-0.3, -0.25) is 0 Å². The maximum Gasteiger partial charge on any atom is 0.508 e. The molecule has 8 heteroatoms. The van der Waals surface area contributed by atoms with Crippen LogP contribution >= 0.6 is 0 Å². The summed E-state index contributed by atoms with van der Waals surface area (Å²) in [6.45, 7) is 6.43. The zero-order valence-electron chi connectivity index (χ0n) is 13.6. The molecule has 0 aliphatic carbocycles. The number of cyclic esters (lactones) is 2. The normalized spacial score (nSPS) is 11.9. The Morgan fingerprint density at radius 1 is 1.27 bits per heavy atom. The Kier molecular flexibility index (Phi) is 20.1. The molecule has 0 atom stereocenters. The Hall–Kier alpha value is -1.54. The van der Waals surface area contributed by atoms with Crippen LogP contribution in [-0.4, -0.2) is 56.9 Å². The highest BCUT2D eigenvalue weighted by Crippen LogP contribution is 1.92. The summed E-state index contributed by atoms with van der Waals surface area (Å²) in [6, 6.07) is 0. The molecule has 1 fully saturated rings. The molecule has 0 aromatic heterocycles. The van der Waals surface area contributed by atoms with E-state index in [1.54, 1.807) is 0 Å². The highest BCUT2D eigenvalue weighted by Gasteiger charge is 2.09. The summed E-state index contributed by atoms with van der Waals surface area (Å²) in [7, 11) is 0. The number of ether oxygens (including phenoxy) is 3. The van der Waals surface area contributed by atoms with E-state index in [0.29, 0.717) is 19.8 Å². The number of hydrogen-bond acceptors (Lipinski definition) is 7. The summed E-state index contributed by atoms with van der Waals surface area (Å²) in [5.41, 5.74) is 5.14. The van der Waals surface area contributed by atoms with Gasteiger partial charge in [-0.15, -0.1) is 0 Å². The van der Waals surface area contributed by atoms with Crippen LogP contribution in [0.2, 0.25) is 0 Å². The first kappa shape index (κ1) is 22.7. The van der Waals surface area contributed by atoms with E-state index < -0.39 is 12.2 Å². The van der Waals surface area contributed by atoms with Crippen molar-refractivity contribution in [2.45, 2.75) is 39.5 Å². The molecule has 0 saturated carbocycles. The number of carbonyl (C=O) groups excluding carboxylic acids is 2. The lowest BCUT2D eigenvalue weighted by Crippen LogP contribution is -2.26. The topological polar surface area (TPSA) is 120 Å². The molecular weight excluding hydrogens is 292 g/mol. The fourth-order valence-corrected chi connectivity index (χ4v) is 1.05. The second kappa shape index (κ2) is 19.5. The summed E-state index contributed by atoms with van der Waals surface area (Å²) in [6.07, 6.45) is 3.38. The molecule has 1 amide bonds. The number of unbranched alkanes of at least 4 members (excludes halogenated alkanes) is 2. The van der Waals surface area contributed by atoms with Crippen LogP contribution in [0.25, 0.3) is 0 Å². The summed E-state index contributed by atoms with van der Waals surface area (Å²) in [5.74, 6) is 0. The highest BCUT2D eigenvalue weighted by molar-refractivity contribution is 5.66. The number of amides is 1. The largest absolute Gasteiger partial charge is 0.508 e. The molecule has 132 valence electrons. The van der Waals surface area contributed by atoms with Gasteiger partial charge in [0.25, 0.3) is 0 Å². The van der Waals surface area contributed by atoms with Gasteiger partial charge in [0.1, 0.15) is 19.8 Å². The van der Waals surface area contributed by atoms with Crippen LogP contribution in [-0.2, 0) is 14.2 Å². The summed E-state index contributed by atoms with van der Waals surface area (Å²) in [5, 5.41) is 10.8. The van der Waals surface area contributed by atoms with E-state index >= 15 is 0 Å². The SMILES string of the molecule is CCCCN.CCCCNC(=O)OCCO.O=C1OCCO1. The number of carbonyl (C=O) groups is 2. The predicted octanol–water partition coefficient (Wildman–Crippen LogP) is 1.40. The average molecular weight is 322 g/mol. The van der Waals surface area contributed by atoms with Gasteiger partial charge in [-0.1, -0.05) is 26.7 Å². The van der Waals surface area contributed by atoms with Gasteiger partial charge in [-0.05, 0) is 19.4 Å². The molecule has 0 aromatic carbocycles. The quantitative estimate of drug-likeness (QED) is 0.478. The van der Waals surface area contributed by atoms with Gasteiger partial charge < -0.3 is 30.4 Å². The van der Waals surface area contributed by atoms with Crippen LogP contribution in [0.5, 0.6) is 0 Å². The van der Waals surface area contributed by atoms with Crippen LogP contribution in [0.1, 0.15) is 39.5 Å². The molecule has 1 saturated heterocycles. The van der Waals surface area contributed by atoms with E-state index in [1.165, 1.54) is 12.8 Å². The van der Waals surface area contributed by atoms with Crippen molar-refractivity contribution in [1.29, 1.82) is 0 Å². The van der Waals surface area contributed by atoms with Gasteiger partial charge in [0.2, 0.25) is 0 Å². The zero-order valence-corrected chi connectivity index (χ0v) is 13.6. The van der Waals surface area contributed by atoms with E-state index in [4.69, 9.17) is 10.8 Å². The smallest absolute Gasteiger partial charge is 0.447 e.